The standard InChI is InChI=1S/C25H44N2O2/c1-7-11-13-21(9-3)18-27(19-22(10-4)14-12-8-2)24-17-23(26-20(5)28)15-16-25(24)29-6/h15-17,21-22H,7-14,18-19H2,1-6H3,(H,26,28). The lowest BCUT2D eigenvalue weighted by Crippen LogP contribution is -2.34. The second-order valence-corrected chi connectivity index (χ2v) is 8.31. The van der Waals surface area contributed by atoms with E-state index in [-0.39, 0.29) is 5.91 Å². The number of nitrogens with one attached hydrogen (secondary N) is 1. The highest BCUT2D eigenvalue weighted by atomic mass is 16.5. The number of benzene rings is 1. The molecule has 2 atom stereocenters. The lowest BCUT2D eigenvalue weighted by Gasteiger charge is -2.33. The molecule has 166 valence electrons. The normalized spacial score (nSPS) is 13.0. The van der Waals surface area contributed by atoms with Crippen LogP contribution in [0.25, 0.3) is 0 Å². The number of hydrogen-bond acceptors (Lipinski definition) is 3. The van der Waals surface area contributed by atoms with Gasteiger partial charge in [-0.1, -0.05) is 66.2 Å². The molecule has 0 saturated heterocycles. The maximum absolute atomic E-state index is 11.6. The van der Waals surface area contributed by atoms with E-state index in [2.05, 4.69) is 44.0 Å². The molecule has 4 nitrogen and oxygen atoms in total. The third-order valence-electron chi connectivity index (χ3n) is 5.88. The number of amides is 1. The average molecular weight is 405 g/mol. The van der Waals surface area contributed by atoms with Crippen molar-refractivity contribution in [3.63, 3.8) is 0 Å². The van der Waals surface area contributed by atoms with E-state index in [0.717, 1.165) is 30.2 Å². The third-order valence-corrected chi connectivity index (χ3v) is 5.88. The van der Waals surface area contributed by atoms with Crippen LogP contribution in [-0.4, -0.2) is 26.1 Å². The number of carbonyl (C=O) groups excluding carboxylic acids is 1. The third kappa shape index (κ3) is 9.10. The summed E-state index contributed by atoms with van der Waals surface area (Å²) in [7, 11) is 1.73. The second-order valence-electron chi connectivity index (χ2n) is 8.31. The van der Waals surface area contributed by atoms with Gasteiger partial charge >= 0.3 is 0 Å². The van der Waals surface area contributed by atoms with Crippen molar-refractivity contribution in [2.45, 2.75) is 86.0 Å². The molecular weight excluding hydrogens is 360 g/mol. The van der Waals surface area contributed by atoms with E-state index in [1.165, 1.54) is 51.4 Å². The van der Waals surface area contributed by atoms with Crippen LogP contribution in [-0.2, 0) is 4.79 Å². The zero-order valence-electron chi connectivity index (χ0n) is 19.7. The molecule has 0 bridgehead atoms. The monoisotopic (exact) mass is 404 g/mol. The van der Waals surface area contributed by atoms with Gasteiger partial charge in [0.05, 0.1) is 12.8 Å². The van der Waals surface area contributed by atoms with E-state index in [1.54, 1.807) is 14.0 Å². The summed E-state index contributed by atoms with van der Waals surface area (Å²) >= 11 is 0. The molecule has 1 rings (SSSR count). The van der Waals surface area contributed by atoms with Gasteiger partial charge in [0.15, 0.2) is 0 Å². The molecule has 0 heterocycles. The Balaban J connectivity index is 3.20. The van der Waals surface area contributed by atoms with Crippen molar-refractivity contribution < 1.29 is 9.53 Å². The quantitative estimate of drug-likeness (QED) is 0.346. The lowest BCUT2D eigenvalue weighted by atomic mass is 9.95. The molecule has 4 heteroatoms. The molecule has 0 aliphatic rings. The van der Waals surface area contributed by atoms with E-state index < -0.39 is 0 Å². The van der Waals surface area contributed by atoms with Crippen molar-refractivity contribution in [1.29, 1.82) is 0 Å². The Labute approximate surface area is 179 Å². The Morgan fingerprint density at radius 1 is 1.00 bits per heavy atom. The summed E-state index contributed by atoms with van der Waals surface area (Å²) in [5.41, 5.74) is 1.94. The Kier molecular flexibility index (Phi) is 12.5. The number of anilines is 2. The summed E-state index contributed by atoms with van der Waals surface area (Å²) in [5.74, 6) is 2.19. The molecule has 0 radical (unpaired) electrons. The van der Waals surface area contributed by atoms with Crippen LogP contribution in [0.3, 0.4) is 0 Å². The highest BCUT2D eigenvalue weighted by molar-refractivity contribution is 5.89. The summed E-state index contributed by atoms with van der Waals surface area (Å²) in [5, 5.41) is 2.93. The average Bonchev–Trinajstić information content (AvgIpc) is 2.72. The highest BCUT2D eigenvalue weighted by Gasteiger charge is 2.20. The van der Waals surface area contributed by atoms with Gasteiger partial charge in [0.25, 0.3) is 0 Å². The topological polar surface area (TPSA) is 41.6 Å². The lowest BCUT2D eigenvalue weighted by molar-refractivity contribution is -0.114. The SMILES string of the molecule is CCCCC(CC)CN(CC(CC)CCCC)c1cc(NC(C)=O)ccc1OC. The van der Waals surface area contributed by atoms with Gasteiger partial charge in [0.1, 0.15) is 5.75 Å². The summed E-state index contributed by atoms with van der Waals surface area (Å²) in [6.07, 6.45) is 9.96. The van der Waals surface area contributed by atoms with E-state index in [4.69, 9.17) is 4.74 Å². The Hall–Kier alpha value is -1.71. The first-order valence-corrected chi connectivity index (χ1v) is 11.7. The van der Waals surface area contributed by atoms with E-state index >= 15 is 0 Å². The van der Waals surface area contributed by atoms with Gasteiger partial charge < -0.3 is 15.0 Å². The fraction of sp³-hybridized carbons (Fsp3) is 0.720. The molecular formula is C25H44N2O2. The van der Waals surface area contributed by atoms with Gasteiger partial charge in [0, 0.05) is 25.7 Å². The molecule has 0 aliphatic carbocycles. The van der Waals surface area contributed by atoms with Crippen LogP contribution < -0.4 is 15.0 Å². The zero-order valence-corrected chi connectivity index (χ0v) is 19.7. The van der Waals surface area contributed by atoms with Gasteiger partial charge in [0.2, 0.25) is 5.91 Å². The Bertz CT molecular complexity index is 570. The van der Waals surface area contributed by atoms with Crippen LogP contribution in [0.15, 0.2) is 18.2 Å². The van der Waals surface area contributed by atoms with Crippen LogP contribution in [0, 0.1) is 11.8 Å². The van der Waals surface area contributed by atoms with Gasteiger partial charge in [-0.3, -0.25) is 4.79 Å². The van der Waals surface area contributed by atoms with E-state index in [9.17, 15) is 4.79 Å². The summed E-state index contributed by atoms with van der Waals surface area (Å²) in [6, 6.07) is 5.98. The number of carbonyl (C=O) groups is 1. The molecule has 0 saturated carbocycles. The number of unbranched alkanes of at least 4 members (excludes halogenated alkanes) is 2. The van der Waals surface area contributed by atoms with Crippen molar-refractivity contribution in [2.75, 3.05) is 30.4 Å². The minimum absolute atomic E-state index is 0.0450. The van der Waals surface area contributed by atoms with Gasteiger partial charge in [-0.25, -0.2) is 0 Å². The fourth-order valence-electron chi connectivity index (χ4n) is 3.95. The minimum atomic E-state index is -0.0450. The van der Waals surface area contributed by atoms with E-state index in [0.29, 0.717) is 11.8 Å². The first-order chi connectivity index (χ1) is 14.0. The van der Waals surface area contributed by atoms with Crippen molar-refractivity contribution in [1.82, 2.24) is 0 Å². The maximum atomic E-state index is 11.6. The number of nitrogens with zero attached hydrogens (tertiary/aromatic N) is 1. The molecule has 0 fully saturated rings. The molecule has 0 spiro atoms. The predicted octanol–water partition coefficient (Wildman–Crippen LogP) is 6.89. The Morgan fingerprint density at radius 3 is 1.97 bits per heavy atom. The second kappa shape index (κ2) is 14.3. The van der Waals surface area contributed by atoms with Crippen LogP contribution >= 0.6 is 0 Å². The van der Waals surface area contributed by atoms with Crippen molar-refractivity contribution in [2.24, 2.45) is 11.8 Å². The molecule has 1 amide bonds. The maximum Gasteiger partial charge on any atom is 0.221 e. The van der Waals surface area contributed by atoms with Crippen molar-refractivity contribution in [3.8, 4) is 5.75 Å². The van der Waals surface area contributed by atoms with Crippen molar-refractivity contribution >= 4 is 17.3 Å². The zero-order chi connectivity index (χ0) is 21.6. The van der Waals surface area contributed by atoms with Crippen LogP contribution in [0.2, 0.25) is 0 Å². The first-order valence-electron chi connectivity index (χ1n) is 11.7. The molecule has 1 aromatic carbocycles. The molecule has 0 aromatic heterocycles. The molecule has 29 heavy (non-hydrogen) atoms. The molecule has 0 aliphatic heterocycles. The number of hydrogen-bond donors (Lipinski definition) is 1. The summed E-state index contributed by atoms with van der Waals surface area (Å²) in [4.78, 5) is 14.1. The largest absolute Gasteiger partial charge is 0.495 e. The van der Waals surface area contributed by atoms with E-state index in [1.807, 2.05) is 12.1 Å². The number of rotatable bonds is 15. The predicted molar refractivity (Wildman–Crippen MR) is 126 cm³/mol. The first kappa shape index (κ1) is 25.3. The van der Waals surface area contributed by atoms with Crippen molar-refractivity contribution in [3.05, 3.63) is 18.2 Å². The fourth-order valence-corrected chi connectivity index (χ4v) is 3.95. The smallest absolute Gasteiger partial charge is 0.221 e. The molecule has 1 aromatic rings. The van der Waals surface area contributed by atoms with Crippen LogP contribution in [0.4, 0.5) is 11.4 Å². The molecule has 1 N–H and O–H groups in total. The molecule has 2 unspecified atom stereocenters. The summed E-state index contributed by atoms with van der Waals surface area (Å²) in [6.45, 7) is 12.8. The van der Waals surface area contributed by atoms with Gasteiger partial charge in [-0.15, -0.1) is 0 Å². The highest BCUT2D eigenvalue weighted by Crippen LogP contribution is 2.34. The Morgan fingerprint density at radius 2 is 1.55 bits per heavy atom. The summed E-state index contributed by atoms with van der Waals surface area (Å²) < 4.78 is 5.72. The van der Waals surface area contributed by atoms with Crippen LogP contribution in [0.5, 0.6) is 5.75 Å². The van der Waals surface area contributed by atoms with Gasteiger partial charge in [-0.2, -0.15) is 0 Å². The minimum Gasteiger partial charge on any atom is -0.495 e. The van der Waals surface area contributed by atoms with Crippen LogP contribution in [0.1, 0.15) is 86.0 Å². The number of ether oxygens (including phenoxy) is 1. The number of methoxy groups -OCH3 is 1. The van der Waals surface area contributed by atoms with Gasteiger partial charge in [-0.05, 0) is 42.9 Å².